The molecular formula is C19H21NS. The Balaban J connectivity index is 1.83. The molecule has 2 aromatic carbocycles. The van der Waals surface area contributed by atoms with E-state index in [4.69, 9.17) is 0 Å². The molecule has 1 N–H and O–H groups in total. The van der Waals surface area contributed by atoms with Gasteiger partial charge in [0, 0.05) is 6.04 Å². The van der Waals surface area contributed by atoms with Gasteiger partial charge >= 0.3 is 0 Å². The predicted octanol–water partition coefficient (Wildman–Crippen LogP) is 4.66. The molecule has 1 aromatic heterocycles. The number of likely N-dealkylation sites (N-methyl/N-ethyl adjacent to an activating group) is 1. The highest BCUT2D eigenvalue weighted by molar-refractivity contribution is 7.07. The van der Waals surface area contributed by atoms with Crippen molar-refractivity contribution in [3.63, 3.8) is 0 Å². The third-order valence-electron chi connectivity index (χ3n) is 3.90. The van der Waals surface area contributed by atoms with Crippen LogP contribution in [-0.4, -0.2) is 12.6 Å². The van der Waals surface area contributed by atoms with Gasteiger partial charge in [-0.25, -0.2) is 0 Å². The standard InChI is InChI=1S/C19H21NS/c1-2-20-18(12-15-10-11-21-14-15)13-17-8-5-7-16-6-3-4-9-19(16)17/h3-11,14,18,20H,2,12-13H2,1H3. The summed E-state index contributed by atoms with van der Waals surface area (Å²) in [6, 6.07) is 18.0. The molecule has 108 valence electrons. The zero-order chi connectivity index (χ0) is 14.5. The summed E-state index contributed by atoms with van der Waals surface area (Å²) >= 11 is 1.78. The van der Waals surface area contributed by atoms with Gasteiger partial charge in [-0.3, -0.25) is 0 Å². The molecule has 0 saturated heterocycles. The van der Waals surface area contributed by atoms with E-state index in [2.05, 4.69) is 71.5 Å². The predicted molar refractivity (Wildman–Crippen MR) is 93.1 cm³/mol. The zero-order valence-electron chi connectivity index (χ0n) is 12.4. The Bertz CT molecular complexity index is 682. The van der Waals surface area contributed by atoms with Crippen molar-refractivity contribution in [2.75, 3.05) is 6.54 Å². The monoisotopic (exact) mass is 295 g/mol. The fourth-order valence-electron chi connectivity index (χ4n) is 2.93. The van der Waals surface area contributed by atoms with Gasteiger partial charge in [0.25, 0.3) is 0 Å². The van der Waals surface area contributed by atoms with Crippen molar-refractivity contribution < 1.29 is 0 Å². The lowest BCUT2D eigenvalue weighted by molar-refractivity contribution is 0.523. The second kappa shape index (κ2) is 6.88. The molecule has 0 amide bonds. The molecule has 0 bridgehead atoms. The average molecular weight is 295 g/mol. The van der Waals surface area contributed by atoms with Crippen molar-refractivity contribution in [1.82, 2.24) is 5.32 Å². The number of hydrogen-bond acceptors (Lipinski definition) is 2. The second-order valence-electron chi connectivity index (χ2n) is 5.43. The molecule has 0 spiro atoms. The molecule has 0 aliphatic heterocycles. The molecule has 1 heterocycles. The summed E-state index contributed by atoms with van der Waals surface area (Å²) in [6.45, 7) is 3.20. The molecule has 3 rings (SSSR count). The lowest BCUT2D eigenvalue weighted by atomic mass is 9.96. The van der Waals surface area contributed by atoms with Crippen LogP contribution in [0.3, 0.4) is 0 Å². The fraction of sp³-hybridized carbons (Fsp3) is 0.263. The summed E-state index contributed by atoms with van der Waals surface area (Å²) in [6.07, 6.45) is 2.17. The van der Waals surface area contributed by atoms with Crippen molar-refractivity contribution >= 4 is 22.1 Å². The third kappa shape index (κ3) is 3.52. The lowest BCUT2D eigenvalue weighted by Gasteiger charge is -2.18. The minimum Gasteiger partial charge on any atom is -0.314 e. The van der Waals surface area contributed by atoms with E-state index in [0.29, 0.717) is 6.04 Å². The summed E-state index contributed by atoms with van der Waals surface area (Å²) in [5.41, 5.74) is 2.88. The lowest BCUT2D eigenvalue weighted by Crippen LogP contribution is -2.33. The molecule has 0 fully saturated rings. The van der Waals surface area contributed by atoms with E-state index in [1.165, 1.54) is 21.9 Å². The Kier molecular flexibility index (Phi) is 4.69. The van der Waals surface area contributed by atoms with Crippen LogP contribution >= 0.6 is 11.3 Å². The van der Waals surface area contributed by atoms with E-state index in [1.54, 1.807) is 11.3 Å². The highest BCUT2D eigenvalue weighted by Gasteiger charge is 2.11. The minimum atomic E-state index is 0.496. The molecule has 21 heavy (non-hydrogen) atoms. The van der Waals surface area contributed by atoms with Crippen molar-refractivity contribution in [2.24, 2.45) is 0 Å². The Labute approximate surface area is 130 Å². The maximum atomic E-state index is 3.64. The van der Waals surface area contributed by atoms with Crippen LogP contribution in [0.2, 0.25) is 0 Å². The first kappa shape index (κ1) is 14.3. The first-order chi connectivity index (χ1) is 10.4. The summed E-state index contributed by atoms with van der Waals surface area (Å²) < 4.78 is 0. The van der Waals surface area contributed by atoms with Crippen LogP contribution in [-0.2, 0) is 12.8 Å². The van der Waals surface area contributed by atoms with Crippen LogP contribution in [0.15, 0.2) is 59.3 Å². The molecule has 1 nitrogen and oxygen atoms in total. The summed E-state index contributed by atoms with van der Waals surface area (Å²) in [5, 5.41) is 10.8. The maximum absolute atomic E-state index is 3.64. The van der Waals surface area contributed by atoms with Gasteiger partial charge in [0.2, 0.25) is 0 Å². The van der Waals surface area contributed by atoms with E-state index in [-0.39, 0.29) is 0 Å². The normalized spacial score (nSPS) is 12.6. The fourth-order valence-corrected chi connectivity index (χ4v) is 3.62. The number of fused-ring (bicyclic) bond motifs is 1. The Morgan fingerprint density at radius 2 is 1.86 bits per heavy atom. The quantitative estimate of drug-likeness (QED) is 0.697. The minimum absolute atomic E-state index is 0.496. The summed E-state index contributed by atoms with van der Waals surface area (Å²) in [7, 11) is 0. The Hall–Kier alpha value is -1.64. The summed E-state index contributed by atoms with van der Waals surface area (Å²) in [5.74, 6) is 0. The van der Waals surface area contributed by atoms with Crippen molar-refractivity contribution in [3.05, 3.63) is 70.4 Å². The average Bonchev–Trinajstić information content (AvgIpc) is 3.01. The SMILES string of the molecule is CCNC(Cc1ccsc1)Cc1cccc2ccccc12. The van der Waals surface area contributed by atoms with Crippen LogP contribution in [0.1, 0.15) is 18.1 Å². The maximum Gasteiger partial charge on any atom is 0.0148 e. The summed E-state index contributed by atoms with van der Waals surface area (Å²) in [4.78, 5) is 0. The van der Waals surface area contributed by atoms with Gasteiger partial charge in [0.15, 0.2) is 0 Å². The molecule has 0 radical (unpaired) electrons. The number of nitrogens with one attached hydrogen (secondary N) is 1. The zero-order valence-corrected chi connectivity index (χ0v) is 13.2. The van der Waals surface area contributed by atoms with Crippen LogP contribution < -0.4 is 5.32 Å². The molecule has 3 aromatic rings. The second-order valence-corrected chi connectivity index (χ2v) is 6.21. The smallest absolute Gasteiger partial charge is 0.0148 e. The van der Waals surface area contributed by atoms with Gasteiger partial charge in [-0.1, -0.05) is 49.4 Å². The van der Waals surface area contributed by atoms with Gasteiger partial charge in [0.05, 0.1) is 0 Å². The molecule has 0 saturated carbocycles. The van der Waals surface area contributed by atoms with E-state index in [9.17, 15) is 0 Å². The highest BCUT2D eigenvalue weighted by Crippen LogP contribution is 2.21. The molecule has 1 atom stereocenters. The van der Waals surface area contributed by atoms with Crippen LogP contribution in [0.5, 0.6) is 0 Å². The van der Waals surface area contributed by atoms with E-state index in [1.807, 2.05) is 0 Å². The first-order valence-electron chi connectivity index (χ1n) is 7.58. The van der Waals surface area contributed by atoms with Gasteiger partial charge < -0.3 is 5.32 Å². The van der Waals surface area contributed by atoms with Gasteiger partial charge in [-0.05, 0) is 58.1 Å². The molecule has 1 unspecified atom stereocenters. The van der Waals surface area contributed by atoms with Crippen LogP contribution in [0.25, 0.3) is 10.8 Å². The van der Waals surface area contributed by atoms with Crippen molar-refractivity contribution in [3.8, 4) is 0 Å². The largest absolute Gasteiger partial charge is 0.314 e. The van der Waals surface area contributed by atoms with Crippen LogP contribution in [0.4, 0.5) is 0 Å². The topological polar surface area (TPSA) is 12.0 Å². The molecule has 2 heteroatoms. The number of rotatable bonds is 6. The first-order valence-corrected chi connectivity index (χ1v) is 8.52. The van der Waals surface area contributed by atoms with E-state index < -0.39 is 0 Å². The van der Waals surface area contributed by atoms with E-state index in [0.717, 1.165) is 19.4 Å². The Morgan fingerprint density at radius 1 is 1.00 bits per heavy atom. The van der Waals surface area contributed by atoms with Gasteiger partial charge in [-0.15, -0.1) is 0 Å². The van der Waals surface area contributed by atoms with Crippen LogP contribution in [0, 0.1) is 0 Å². The number of hydrogen-bond donors (Lipinski definition) is 1. The molecular weight excluding hydrogens is 274 g/mol. The van der Waals surface area contributed by atoms with Gasteiger partial charge in [0.1, 0.15) is 0 Å². The van der Waals surface area contributed by atoms with Crippen molar-refractivity contribution in [1.29, 1.82) is 0 Å². The Morgan fingerprint density at radius 3 is 2.67 bits per heavy atom. The van der Waals surface area contributed by atoms with E-state index >= 15 is 0 Å². The molecule has 0 aliphatic carbocycles. The molecule has 0 aliphatic rings. The van der Waals surface area contributed by atoms with Crippen molar-refractivity contribution in [2.45, 2.75) is 25.8 Å². The third-order valence-corrected chi connectivity index (χ3v) is 4.63. The number of benzene rings is 2. The number of thiophene rings is 1. The van der Waals surface area contributed by atoms with Gasteiger partial charge in [-0.2, -0.15) is 11.3 Å². The highest BCUT2D eigenvalue weighted by atomic mass is 32.1.